The highest BCUT2D eigenvalue weighted by Crippen LogP contribution is 2.40. The van der Waals surface area contributed by atoms with E-state index in [1.165, 1.54) is 24.1 Å². The van der Waals surface area contributed by atoms with Crippen LogP contribution >= 0.6 is 11.6 Å². The Morgan fingerprint density at radius 2 is 2.03 bits per heavy atom. The van der Waals surface area contributed by atoms with E-state index in [1.54, 1.807) is 25.1 Å². The molecule has 1 amide bonds. The van der Waals surface area contributed by atoms with Crippen LogP contribution in [-0.4, -0.2) is 38.2 Å². The Morgan fingerprint density at radius 1 is 1.25 bits per heavy atom. The number of sulfonamides is 1. The highest BCUT2D eigenvalue weighted by Gasteiger charge is 2.31. The smallest absolute Gasteiger partial charge is 0.265 e. The van der Waals surface area contributed by atoms with Gasteiger partial charge in [0.2, 0.25) is 5.89 Å². The van der Waals surface area contributed by atoms with Crippen LogP contribution in [0.5, 0.6) is 11.5 Å². The summed E-state index contributed by atoms with van der Waals surface area (Å²) in [6.07, 6.45) is 0. The Kier molecular flexibility index (Phi) is 5.70. The number of rotatable bonds is 6. The number of methoxy groups -OCH3 is 1. The first-order valence-corrected chi connectivity index (χ1v) is 11.3. The van der Waals surface area contributed by atoms with Crippen LogP contribution in [0.15, 0.2) is 39.8 Å². The normalized spacial score (nSPS) is 13.5. The molecule has 32 heavy (non-hydrogen) atoms. The number of benzene rings is 2. The van der Waals surface area contributed by atoms with Crippen molar-refractivity contribution in [3.05, 3.63) is 52.6 Å². The molecule has 10 nitrogen and oxygen atoms in total. The van der Waals surface area contributed by atoms with E-state index in [1.807, 2.05) is 6.92 Å². The van der Waals surface area contributed by atoms with E-state index >= 15 is 0 Å². The summed E-state index contributed by atoms with van der Waals surface area (Å²) < 4.78 is 44.4. The van der Waals surface area contributed by atoms with Crippen molar-refractivity contribution in [2.45, 2.75) is 25.3 Å². The summed E-state index contributed by atoms with van der Waals surface area (Å²) in [7, 11) is -2.66. The van der Waals surface area contributed by atoms with Gasteiger partial charge in [-0.3, -0.25) is 14.4 Å². The largest absolute Gasteiger partial charge is 0.495 e. The van der Waals surface area contributed by atoms with E-state index in [-0.39, 0.29) is 40.4 Å². The highest BCUT2D eigenvalue weighted by atomic mass is 35.5. The third kappa shape index (κ3) is 4.21. The van der Waals surface area contributed by atoms with Crippen molar-refractivity contribution in [2.75, 3.05) is 23.3 Å². The Hall–Kier alpha value is -3.31. The highest BCUT2D eigenvalue weighted by molar-refractivity contribution is 7.92. The van der Waals surface area contributed by atoms with Crippen LogP contribution in [0.3, 0.4) is 0 Å². The number of amides is 1. The first-order chi connectivity index (χ1) is 15.2. The zero-order valence-corrected chi connectivity index (χ0v) is 19.0. The number of hydrogen-bond donors (Lipinski definition) is 1. The van der Waals surface area contributed by atoms with Crippen LogP contribution in [0.1, 0.15) is 17.3 Å². The molecule has 0 aliphatic carbocycles. The average molecular weight is 479 g/mol. The van der Waals surface area contributed by atoms with Gasteiger partial charge in [-0.15, -0.1) is 0 Å². The average Bonchev–Trinajstić information content (AvgIpc) is 3.14. The minimum Gasteiger partial charge on any atom is -0.495 e. The van der Waals surface area contributed by atoms with Crippen LogP contribution in [-0.2, 0) is 21.4 Å². The Bertz CT molecular complexity index is 1310. The standard InChI is InChI=1S/C20H19ClN4O6S/c1-11-4-5-16(29-3)14(6-11)24-32(27,28)18-8-17-15(7-13(18)21)25(20(26)10-30-17)9-19-22-12(2)31-23-19/h4-8,24H,9-10H2,1-3H3. The van der Waals surface area contributed by atoms with Gasteiger partial charge in [0.15, 0.2) is 12.4 Å². The number of aryl methyl sites for hydroxylation is 2. The van der Waals surface area contributed by atoms with Gasteiger partial charge in [0.25, 0.3) is 15.9 Å². The predicted molar refractivity (Wildman–Crippen MR) is 116 cm³/mol. The molecule has 12 heteroatoms. The van der Waals surface area contributed by atoms with Gasteiger partial charge in [0, 0.05) is 13.0 Å². The van der Waals surface area contributed by atoms with Crippen molar-refractivity contribution in [1.29, 1.82) is 0 Å². The fraction of sp³-hybridized carbons (Fsp3) is 0.250. The summed E-state index contributed by atoms with van der Waals surface area (Å²) >= 11 is 6.34. The topological polar surface area (TPSA) is 124 Å². The van der Waals surface area contributed by atoms with E-state index in [2.05, 4.69) is 14.9 Å². The third-order valence-corrected chi connectivity index (χ3v) is 6.54. The van der Waals surface area contributed by atoms with Crippen molar-refractivity contribution in [3.8, 4) is 11.5 Å². The first-order valence-electron chi connectivity index (χ1n) is 9.41. The summed E-state index contributed by atoms with van der Waals surface area (Å²) in [5.74, 6) is 0.847. The zero-order chi connectivity index (χ0) is 23.0. The molecular formula is C20H19ClN4O6S. The van der Waals surface area contributed by atoms with E-state index in [0.29, 0.717) is 23.2 Å². The maximum Gasteiger partial charge on any atom is 0.265 e. The molecule has 0 atom stereocenters. The number of halogens is 1. The number of carbonyl (C=O) groups is 1. The van der Waals surface area contributed by atoms with Crippen molar-refractivity contribution < 1.29 is 27.2 Å². The van der Waals surface area contributed by atoms with Gasteiger partial charge in [-0.25, -0.2) is 8.42 Å². The van der Waals surface area contributed by atoms with E-state index in [9.17, 15) is 13.2 Å². The molecule has 3 aromatic rings. The molecule has 4 rings (SSSR count). The molecule has 1 aliphatic rings. The SMILES string of the molecule is COc1ccc(C)cc1NS(=O)(=O)c1cc2c(cc1Cl)N(Cc1noc(C)n1)C(=O)CO2. The second kappa shape index (κ2) is 8.32. The molecule has 1 aliphatic heterocycles. The van der Waals surface area contributed by atoms with Gasteiger partial charge in [0.05, 0.1) is 30.1 Å². The minimum absolute atomic E-state index is 0.0215. The van der Waals surface area contributed by atoms with Crippen LogP contribution in [0.4, 0.5) is 11.4 Å². The summed E-state index contributed by atoms with van der Waals surface area (Å²) in [4.78, 5) is 17.7. The molecule has 0 saturated carbocycles. The van der Waals surface area contributed by atoms with Gasteiger partial charge in [-0.1, -0.05) is 22.8 Å². The van der Waals surface area contributed by atoms with Crippen molar-refractivity contribution in [2.24, 2.45) is 0 Å². The molecule has 0 radical (unpaired) electrons. The molecule has 168 valence electrons. The lowest BCUT2D eigenvalue weighted by Crippen LogP contribution is -2.38. The van der Waals surface area contributed by atoms with Crippen LogP contribution < -0.4 is 19.1 Å². The molecule has 2 aromatic carbocycles. The lowest BCUT2D eigenvalue weighted by atomic mass is 10.2. The van der Waals surface area contributed by atoms with E-state index in [0.717, 1.165) is 5.56 Å². The molecule has 2 heterocycles. The molecule has 0 fully saturated rings. The lowest BCUT2D eigenvalue weighted by molar-refractivity contribution is -0.121. The number of ether oxygens (including phenoxy) is 2. The second-order valence-electron chi connectivity index (χ2n) is 7.06. The number of nitrogens with zero attached hydrogens (tertiary/aromatic N) is 3. The molecule has 0 unspecified atom stereocenters. The van der Waals surface area contributed by atoms with Crippen LogP contribution in [0, 0.1) is 13.8 Å². The molecule has 0 spiro atoms. The molecular weight excluding hydrogens is 460 g/mol. The van der Waals surface area contributed by atoms with Crippen molar-refractivity contribution in [3.63, 3.8) is 0 Å². The fourth-order valence-electron chi connectivity index (χ4n) is 3.23. The Labute approximate surface area is 189 Å². The van der Waals surface area contributed by atoms with Crippen LogP contribution in [0.25, 0.3) is 0 Å². The number of carbonyl (C=O) groups excluding carboxylic acids is 1. The number of aromatic nitrogens is 2. The number of hydrogen-bond acceptors (Lipinski definition) is 8. The van der Waals surface area contributed by atoms with Gasteiger partial charge in [-0.05, 0) is 30.7 Å². The molecule has 1 N–H and O–H groups in total. The minimum atomic E-state index is -4.10. The maximum absolute atomic E-state index is 13.1. The molecule has 0 saturated heterocycles. The summed E-state index contributed by atoms with van der Waals surface area (Å²) in [5.41, 5.74) is 1.42. The predicted octanol–water partition coefficient (Wildman–Crippen LogP) is 3.07. The van der Waals surface area contributed by atoms with Gasteiger partial charge < -0.3 is 14.0 Å². The number of anilines is 2. The third-order valence-electron chi connectivity index (χ3n) is 4.71. The monoisotopic (exact) mass is 478 g/mol. The first kappa shape index (κ1) is 21.9. The van der Waals surface area contributed by atoms with Crippen LogP contribution in [0.2, 0.25) is 5.02 Å². The Balaban J connectivity index is 1.70. The number of nitrogens with one attached hydrogen (secondary N) is 1. The van der Waals surface area contributed by atoms with Gasteiger partial charge in [0.1, 0.15) is 16.4 Å². The number of fused-ring (bicyclic) bond motifs is 1. The lowest BCUT2D eigenvalue weighted by Gasteiger charge is -2.29. The van der Waals surface area contributed by atoms with Gasteiger partial charge >= 0.3 is 0 Å². The summed E-state index contributed by atoms with van der Waals surface area (Å²) in [5, 5.41) is 3.71. The quantitative estimate of drug-likeness (QED) is 0.573. The van der Waals surface area contributed by atoms with E-state index in [4.69, 9.17) is 25.6 Å². The zero-order valence-electron chi connectivity index (χ0n) is 17.4. The fourth-order valence-corrected chi connectivity index (χ4v) is 4.83. The van der Waals surface area contributed by atoms with Gasteiger partial charge in [-0.2, -0.15) is 4.98 Å². The maximum atomic E-state index is 13.1. The van der Waals surface area contributed by atoms with E-state index < -0.39 is 10.0 Å². The summed E-state index contributed by atoms with van der Waals surface area (Å²) in [6.45, 7) is 3.21. The summed E-state index contributed by atoms with van der Waals surface area (Å²) in [6, 6.07) is 7.75. The second-order valence-corrected chi connectivity index (χ2v) is 9.12. The van der Waals surface area contributed by atoms with Crippen molar-refractivity contribution >= 4 is 38.9 Å². The molecule has 1 aromatic heterocycles. The van der Waals surface area contributed by atoms with Crippen molar-refractivity contribution in [1.82, 2.24) is 10.1 Å². The Morgan fingerprint density at radius 3 is 2.72 bits per heavy atom. The molecule has 0 bridgehead atoms.